The van der Waals surface area contributed by atoms with Crippen LogP contribution in [0.5, 0.6) is 0 Å². The summed E-state index contributed by atoms with van der Waals surface area (Å²) in [5.41, 5.74) is 1.11. The first-order valence-corrected chi connectivity index (χ1v) is 10.7. The van der Waals surface area contributed by atoms with E-state index in [0.29, 0.717) is 24.0 Å². The fourth-order valence-electron chi connectivity index (χ4n) is 3.42. The number of aromatic nitrogens is 2. The van der Waals surface area contributed by atoms with Crippen molar-refractivity contribution in [2.75, 3.05) is 18.5 Å². The minimum atomic E-state index is -1.11. The van der Waals surface area contributed by atoms with Gasteiger partial charge in [0.15, 0.2) is 17.5 Å². The Kier molecular flexibility index (Phi) is 6.71. The van der Waals surface area contributed by atoms with Gasteiger partial charge >= 0.3 is 0 Å². The monoisotopic (exact) mass is 473 g/mol. The van der Waals surface area contributed by atoms with Crippen LogP contribution in [0.2, 0.25) is 5.02 Å². The van der Waals surface area contributed by atoms with Crippen molar-refractivity contribution in [3.63, 3.8) is 0 Å². The molecule has 1 unspecified atom stereocenters. The molecule has 33 heavy (non-hydrogen) atoms. The molecule has 0 spiro atoms. The molecule has 1 fully saturated rings. The molecule has 0 aliphatic carbocycles. The largest absolute Gasteiger partial charge is 0.373 e. The van der Waals surface area contributed by atoms with Gasteiger partial charge in [0.05, 0.1) is 17.8 Å². The molecule has 0 bridgehead atoms. The molecule has 3 aromatic rings. The first-order chi connectivity index (χ1) is 15.8. The van der Waals surface area contributed by atoms with Crippen LogP contribution in [0.4, 0.5) is 14.6 Å². The summed E-state index contributed by atoms with van der Waals surface area (Å²) in [5, 5.41) is 13.3. The Hall–Kier alpha value is -3.30. The van der Waals surface area contributed by atoms with E-state index in [1.54, 1.807) is 18.2 Å². The van der Waals surface area contributed by atoms with Crippen LogP contribution in [0.15, 0.2) is 53.5 Å². The van der Waals surface area contributed by atoms with Crippen molar-refractivity contribution < 1.29 is 18.3 Å². The molecule has 1 amide bonds. The second-order valence-electron chi connectivity index (χ2n) is 7.95. The lowest BCUT2D eigenvalue weighted by Crippen LogP contribution is -2.38. The number of hydrogen-bond donors (Lipinski definition) is 3. The quantitative estimate of drug-likeness (QED) is 0.367. The predicted octanol–water partition coefficient (Wildman–Crippen LogP) is 4.78. The maximum atomic E-state index is 13.6. The number of aromatic amines is 1. The highest BCUT2D eigenvalue weighted by Crippen LogP contribution is 2.25. The molecular formula is C23H22ClF2N5O2. The molecule has 172 valence electrons. The van der Waals surface area contributed by atoms with Gasteiger partial charge in [0.2, 0.25) is 5.96 Å². The Labute approximate surface area is 194 Å². The summed E-state index contributed by atoms with van der Waals surface area (Å²) in [4.78, 5) is 17.1. The maximum absolute atomic E-state index is 13.6. The van der Waals surface area contributed by atoms with E-state index in [0.717, 1.165) is 36.2 Å². The normalized spacial score (nSPS) is 18.4. The third-order valence-electron chi connectivity index (χ3n) is 5.27. The first-order valence-electron chi connectivity index (χ1n) is 10.3. The van der Waals surface area contributed by atoms with Gasteiger partial charge in [-0.25, -0.2) is 13.8 Å². The predicted molar refractivity (Wildman–Crippen MR) is 122 cm³/mol. The minimum absolute atomic E-state index is 0.0457. The van der Waals surface area contributed by atoms with Gasteiger partial charge in [-0.1, -0.05) is 23.7 Å². The Morgan fingerprint density at radius 1 is 1.21 bits per heavy atom. The van der Waals surface area contributed by atoms with Crippen molar-refractivity contribution in [2.45, 2.75) is 25.4 Å². The number of amides is 1. The molecule has 2 aromatic carbocycles. The van der Waals surface area contributed by atoms with Crippen LogP contribution in [0.25, 0.3) is 11.3 Å². The van der Waals surface area contributed by atoms with E-state index in [1.165, 1.54) is 6.07 Å². The second kappa shape index (κ2) is 9.68. The molecule has 1 aliphatic heterocycles. The molecule has 1 aliphatic rings. The summed E-state index contributed by atoms with van der Waals surface area (Å²) in [6, 6.07) is 11.9. The van der Waals surface area contributed by atoms with E-state index in [1.807, 2.05) is 19.1 Å². The highest BCUT2D eigenvalue weighted by molar-refractivity contribution is 6.30. The molecule has 2 heterocycles. The van der Waals surface area contributed by atoms with Crippen molar-refractivity contribution in [2.24, 2.45) is 4.99 Å². The molecule has 0 saturated carbocycles. The van der Waals surface area contributed by atoms with Gasteiger partial charge in [0.1, 0.15) is 0 Å². The van der Waals surface area contributed by atoms with Gasteiger partial charge in [0, 0.05) is 23.3 Å². The van der Waals surface area contributed by atoms with Crippen LogP contribution in [-0.2, 0) is 4.74 Å². The number of ether oxygens (including phenoxy) is 1. The van der Waals surface area contributed by atoms with Crippen LogP contribution in [-0.4, -0.2) is 40.8 Å². The number of H-pyrrole nitrogens is 1. The number of hydrogen-bond acceptors (Lipinski definition) is 4. The van der Waals surface area contributed by atoms with Gasteiger partial charge < -0.3 is 10.1 Å². The van der Waals surface area contributed by atoms with Gasteiger partial charge in [-0.2, -0.15) is 5.10 Å². The summed E-state index contributed by atoms with van der Waals surface area (Å²) in [5.74, 6) is -2.28. The lowest BCUT2D eigenvalue weighted by atomic mass is 10.0. The molecule has 0 radical (unpaired) electrons. The molecule has 1 aromatic heterocycles. The van der Waals surface area contributed by atoms with Gasteiger partial charge in [-0.15, -0.1) is 0 Å². The summed E-state index contributed by atoms with van der Waals surface area (Å²) in [7, 11) is 0. The number of nitrogens with one attached hydrogen (secondary N) is 3. The first kappa shape index (κ1) is 22.9. The van der Waals surface area contributed by atoms with Gasteiger partial charge in [0.25, 0.3) is 5.91 Å². The average molecular weight is 474 g/mol. The Morgan fingerprint density at radius 2 is 2.00 bits per heavy atom. The molecule has 4 rings (SSSR count). The SMILES string of the molecule is CC1(CN=C(NC(=O)c2ccc(F)c(F)c2)Nc2cc(-c3ccc(Cl)cc3)[nH]n2)CCCO1. The number of nitrogens with zero attached hydrogens (tertiary/aromatic N) is 2. The Balaban J connectivity index is 1.54. The third kappa shape index (κ3) is 5.74. The number of halogens is 3. The maximum Gasteiger partial charge on any atom is 0.258 e. The summed E-state index contributed by atoms with van der Waals surface area (Å²) >= 11 is 5.94. The molecule has 3 N–H and O–H groups in total. The highest BCUT2D eigenvalue weighted by Gasteiger charge is 2.29. The number of carbonyl (C=O) groups is 1. The zero-order valence-corrected chi connectivity index (χ0v) is 18.5. The topological polar surface area (TPSA) is 91.4 Å². The average Bonchev–Trinajstić information content (AvgIpc) is 3.44. The van der Waals surface area contributed by atoms with E-state index >= 15 is 0 Å². The highest BCUT2D eigenvalue weighted by atomic mass is 35.5. The zero-order valence-electron chi connectivity index (χ0n) is 17.8. The standard InChI is InChI=1S/C23H22ClF2N5O2/c1-23(9-2-10-33-23)13-27-22(29-21(32)15-5-8-17(25)18(26)11-15)28-20-12-19(30-31-20)14-3-6-16(24)7-4-14/h3-8,11-12H,2,9-10,13H2,1H3,(H3,27,28,29,30,31,32). The summed E-state index contributed by atoms with van der Waals surface area (Å²) in [6.45, 7) is 2.90. The van der Waals surface area contributed by atoms with Crippen molar-refractivity contribution in [1.29, 1.82) is 0 Å². The summed E-state index contributed by atoms with van der Waals surface area (Å²) < 4.78 is 32.6. The van der Waals surface area contributed by atoms with Crippen molar-refractivity contribution in [1.82, 2.24) is 15.5 Å². The molecule has 7 nitrogen and oxygen atoms in total. The van der Waals surface area contributed by atoms with Crippen LogP contribution in [0.1, 0.15) is 30.1 Å². The van der Waals surface area contributed by atoms with Crippen LogP contribution in [0.3, 0.4) is 0 Å². The minimum Gasteiger partial charge on any atom is -0.373 e. The number of guanidine groups is 1. The summed E-state index contributed by atoms with van der Waals surface area (Å²) in [6.07, 6.45) is 1.77. The molecule has 1 saturated heterocycles. The molecular weight excluding hydrogens is 452 g/mol. The number of rotatable bonds is 5. The van der Waals surface area contributed by atoms with Crippen LogP contribution >= 0.6 is 11.6 Å². The third-order valence-corrected chi connectivity index (χ3v) is 5.52. The second-order valence-corrected chi connectivity index (χ2v) is 8.38. The van der Waals surface area contributed by atoms with E-state index in [-0.39, 0.29) is 11.5 Å². The van der Waals surface area contributed by atoms with E-state index in [4.69, 9.17) is 16.3 Å². The van der Waals surface area contributed by atoms with Crippen LogP contribution in [0, 0.1) is 11.6 Å². The van der Waals surface area contributed by atoms with E-state index < -0.39 is 23.1 Å². The van der Waals surface area contributed by atoms with E-state index in [2.05, 4.69) is 25.8 Å². The van der Waals surface area contributed by atoms with Crippen LogP contribution < -0.4 is 10.6 Å². The number of anilines is 1. The fourth-order valence-corrected chi connectivity index (χ4v) is 3.55. The fraction of sp³-hybridized carbons (Fsp3) is 0.261. The van der Waals surface area contributed by atoms with Gasteiger partial charge in [-0.05, 0) is 55.7 Å². The van der Waals surface area contributed by atoms with Crippen molar-refractivity contribution in [3.8, 4) is 11.3 Å². The lowest BCUT2D eigenvalue weighted by molar-refractivity contribution is 0.0284. The molecule has 10 heteroatoms. The Bertz CT molecular complexity index is 1170. The lowest BCUT2D eigenvalue weighted by Gasteiger charge is -2.21. The smallest absolute Gasteiger partial charge is 0.258 e. The zero-order chi connectivity index (χ0) is 23.4. The number of aliphatic imine (C=N–C) groups is 1. The molecule has 1 atom stereocenters. The van der Waals surface area contributed by atoms with Crippen molar-refractivity contribution >= 4 is 29.3 Å². The van der Waals surface area contributed by atoms with Crippen molar-refractivity contribution in [3.05, 3.63) is 70.8 Å². The number of benzene rings is 2. The Morgan fingerprint density at radius 3 is 2.70 bits per heavy atom. The van der Waals surface area contributed by atoms with E-state index in [9.17, 15) is 13.6 Å². The van der Waals surface area contributed by atoms with Gasteiger partial charge in [-0.3, -0.25) is 15.2 Å². The number of carbonyl (C=O) groups excluding carboxylic acids is 1.